The van der Waals surface area contributed by atoms with Crippen LogP contribution in [0.15, 0.2) is 48.5 Å². The predicted octanol–water partition coefficient (Wildman–Crippen LogP) is 3.03. The maximum atomic E-state index is 12.0. The lowest BCUT2D eigenvalue weighted by Gasteiger charge is -2.08. The van der Waals surface area contributed by atoms with E-state index in [2.05, 4.69) is 5.32 Å². The highest BCUT2D eigenvalue weighted by Crippen LogP contribution is 2.17. The zero-order valence-electron chi connectivity index (χ0n) is 13.7. The maximum absolute atomic E-state index is 12.0. The molecule has 2 aromatic rings. The van der Waals surface area contributed by atoms with Gasteiger partial charge in [-0.2, -0.15) is 0 Å². The van der Waals surface area contributed by atoms with Crippen molar-refractivity contribution in [1.29, 1.82) is 0 Å². The summed E-state index contributed by atoms with van der Waals surface area (Å²) in [6, 6.07) is 15.0. The monoisotopic (exact) mass is 350 g/mol. The molecule has 0 fully saturated rings. The molecule has 2 rings (SSSR count). The van der Waals surface area contributed by atoms with E-state index in [4.69, 9.17) is 15.2 Å². The van der Waals surface area contributed by atoms with Crippen LogP contribution in [0.25, 0.3) is 0 Å². The fourth-order valence-electron chi connectivity index (χ4n) is 2.12. The van der Waals surface area contributed by atoms with Crippen LogP contribution < -0.4 is 20.5 Å². The Balaban J connectivity index is 0.00000288. The molecule has 2 aromatic carbocycles. The Hall–Kier alpha value is -2.24. The summed E-state index contributed by atoms with van der Waals surface area (Å²) in [5.41, 5.74) is 7.21. The molecule has 3 N–H and O–H groups in total. The molecule has 24 heavy (non-hydrogen) atoms. The second-order valence-electron chi connectivity index (χ2n) is 5.06. The summed E-state index contributed by atoms with van der Waals surface area (Å²) in [6.45, 7) is 0.953. The van der Waals surface area contributed by atoms with Crippen molar-refractivity contribution in [3.8, 4) is 11.5 Å². The third-order valence-corrected chi connectivity index (χ3v) is 3.30. The molecule has 5 nitrogen and oxygen atoms in total. The molecule has 0 aliphatic heterocycles. The standard InChI is InChI=1S/C18H22N2O3.ClH/c1-22-17-4-2-3-14(13-17)5-10-18(21)20-15-6-8-16(9-7-15)23-12-11-19;/h2-4,6-9,13H,5,10-12,19H2,1H3,(H,20,21);1H. The van der Waals surface area contributed by atoms with Gasteiger partial charge in [-0.3, -0.25) is 4.79 Å². The Morgan fingerprint density at radius 1 is 1.12 bits per heavy atom. The molecule has 130 valence electrons. The van der Waals surface area contributed by atoms with E-state index < -0.39 is 0 Å². The first kappa shape index (κ1) is 19.8. The van der Waals surface area contributed by atoms with Crippen molar-refractivity contribution >= 4 is 24.0 Å². The van der Waals surface area contributed by atoms with Gasteiger partial charge in [-0.25, -0.2) is 0 Å². The van der Waals surface area contributed by atoms with Gasteiger partial charge in [-0.1, -0.05) is 12.1 Å². The third kappa shape index (κ3) is 6.48. The van der Waals surface area contributed by atoms with E-state index in [-0.39, 0.29) is 18.3 Å². The first-order valence-electron chi connectivity index (χ1n) is 7.57. The average Bonchev–Trinajstić information content (AvgIpc) is 2.59. The third-order valence-electron chi connectivity index (χ3n) is 3.30. The average molecular weight is 351 g/mol. The largest absolute Gasteiger partial charge is 0.497 e. The van der Waals surface area contributed by atoms with E-state index in [0.29, 0.717) is 26.0 Å². The highest BCUT2D eigenvalue weighted by atomic mass is 35.5. The zero-order valence-corrected chi connectivity index (χ0v) is 14.5. The number of amides is 1. The van der Waals surface area contributed by atoms with Gasteiger partial charge in [0.2, 0.25) is 5.91 Å². The van der Waals surface area contributed by atoms with Crippen LogP contribution in [0.1, 0.15) is 12.0 Å². The van der Waals surface area contributed by atoms with Crippen molar-refractivity contribution in [3.63, 3.8) is 0 Å². The normalized spacial score (nSPS) is 9.75. The van der Waals surface area contributed by atoms with Gasteiger partial charge in [0.25, 0.3) is 0 Å². The summed E-state index contributed by atoms with van der Waals surface area (Å²) in [6.07, 6.45) is 1.08. The molecule has 0 bridgehead atoms. The first-order chi connectivity index (χ1) is 11.2. The van der Waals surface area contributed by atoms with E-state index in [1.807, 2.05) is 48.5 Å². The van der Waals surface area contributed by atoms with Gasteiger partial charge in [0.15, 0.2) is 0 Å². The Morgan fingerprint density at radius 2 is 1.88 bits per heavy atom. The number of ether oxygens (including phenoxy) is 2. The van der Waals surface area contributed by atoms with Crippen LogP contribution in [0.2, 0.25) is 0 Å². The summed E-state index contributed by atoms with van der Waals surface area (Å²) in [7, 11) is 1.63. The molecular formula is C18H23ClN2O3. The van der Waals surface area contributed by atoms with E-state index in [9.17, 15) is 4.79 Å². The Bertz CT molecular complexity index is 632. The molecule has 0 atom stereocenters. The summed E-state index contributed by atoms with van der Waals surface area (Å²) in [5, 5.41) is 2.87. The lowest BCUT2D eigenvalue weighted by Crippen LogP contribution is -2.12. The van der Waals surface area contributed by atoms with Crippen molar-refractivity contribution < 1.29 is 14.3 Å². The fraction of sp³-hybridized carbons (Fsp3) is 0.278. The fourth-order valence-corrected chi connectivity index (χ4v) is 2.12. The lowest BCUT2D eigenvalue weighted by atomic mass is 10.1. The van der Waals surface area contributed by atoms with Crippen molar-refractivity contribution in [2.45, 2.75) is 12.8 Å². The second-order valence-corrected chi connectivity index (χ2v) is 5.06. The number of halogens is 1. The number of aryl methyl sites for hydroxylation is 1. The molecule has 0 aromatic heterocycles. The summed E-state index contributed by atoms with van der Waals surface area (Å²) in [4.78, 5) is 12.0. The van der Waals surface area contributed by atoms with Gasteiger partial charge in [-0.05, 0) is 48.4 Å². The maximum Gasteiger partial charge on any atom is 0.224 e. The van der Waals surface area contributed by atoms with Gasteiger partial charge in [-0.15, -0.1) is 12.4 Å². The number of hydrogen-bond acceptors (Lipinski definition) is 4. The molecular weight excluding hydrogens is 328 g/mol. The summed E-state index contributed by atoms with van der Waals surface area (Å²) in [5.74, 6) is 1.52. The van der Waals surface area contributed by atoms with Crippen LogP contribution in [0, 0.1) is 0 Å². The molecule has 1 amide bonds. The minimum Gasteiger partial charge on any atom is -0.497 e. The smallest absolute Gasteiger partial charge is 0.224 e. The number of nitrogens with two attached hydrogens (primary N) is 1. The predicted molar refractivity (Wildman–Crippen MR) is 98.2 cm³/mol. The number of methoxy groups -OCH3 is 1. The van der Waals surface area contributed by atoms with Crippen molar-refractivity contribution in [2.75, 3.05) is 25.6 Å². The topological polar surface area (TPSA) is 73.6 Å². The zero-order chi connectivity index (χ0) is 16.5. The number of carbonyl (C=O) groups is 1. The molecule has 0 aliphatic carbocycles. The Morgan fingerprint density at radius 3 is 2.54 bits per heavy atom. The van der Waals surface area contributed by atoms with E-state index in [1.165, 1.54) is 0 Å². The van der Waals surface area contributed by atoms with Crippen LogP contribution in [0.4, 0.5) is 5.69 Å². The Kier molecular flexibility index (Phi) is 8.68. The van der Waals surface area contributed by atoms with Gasteiger partial charge >= 0.3 is 0 Å². The molecule has 0 unspecified atom stereocenters. The SMILES string of the molecule is COc1cccc(CCC(=O)Nc2ccc(OCCN)cc2)c1.Cl. The lowest BCUT2D eigenvalue weighted by molar-refractivity contribution is -0.116. The van der Waals surface area contributed by atoms with Crippen molar-refractivity contribution in [1.82, 2.24) is 0 Å². The van der Waals surface area contributed by atoms with Crippen molar-refractivity contribution in [2.24, 2.45) is 5.73 Å². The van der Waals surface area contributed by atoms with Crippen LogP contribution >= 0.6 is 12.4 Å². The van der Waals surface area contributed by atoms with Crippen LogP contribution in [-0.4, -0.2) is 26.2 Å². The van der Waals surface area contributed by atoms with Crippen LogP contribution in [0.3, 0.4) is 0 Å². The molecule has 0 radical (unpaired) electrons. The number of hydrogen-bond donors (Lipinski definition) is 2. The molecule has 0 aliphatic rings. The molecule has 0 spiro atoms. The van der Waals surface area contributed by atoms with E-state index >= 15 is 0 Å². The minimum absolute atomic E-state index is 0. The highest BCUT2D eigenvalue weighted by Gasteiger charge is 2.04. The van der Waals surface area contributed by atoms with E-state index in [0.717, 1.165) is 22.7 Å². The second kappa shape index (κ2) is 10.5. The van der Waals surface area contributed by atoms with Gasteiger partial charge in [0.05, 0.1) is 7.11 Å². The van der Waals surface area contributed by atoms with Crippen LogP contribution in [0.5, 0.6) is 11.5 Å². The molecule has 6 heteroatoms. The Labute approximate surface area is 148 Å². The molecule has 0 saturated heterocycles. The van der Waals surface area contributed by atoms with Crippen molar-refractivity contribution in [3.05, 3.63) is 54.1 Å². The van der Waals surface area contributed by atoms with Gasteiger partial charge in [0.1, 0.15) is 18.1 Å². The summed E-state index contributed by atoms with van der Waals surface area (Å²) >= 11 is 0. The minimum atomic E-state index is -0.0246. The number of nitrogens with one attached hydrogen (secondary N) is 1. The van der Waals surface area contributed by atoms with Crippen LogP contribution in [-0.2, 0) is 11.2 Å². The quantitative estimate of drug-likeness (QED) is 0.767. The number of benzene rings is 2. The van der Waals surface area contributed by atoms with Gasteiger partial charge < -0.3 is 20.5 Å². The summed E-state index contributed by atoms with van der Waals surface area (Å²) < 4.78 is 10.6. The number of carbonyl (C=O) groups excluding carboxylic acids is 1. The molecule has 0 heterocycles. The number of anilines is 1. The molecule has 0 saturated carbocycles. The van der Waals surface area contributed by atoms with E-state index in [1.54, 1.807) is 7.11 Å². The number of rotatable bonds is 8. The highest BCUT2D eigenvalue weighted by molar-refractivity contribution is 5.90. The van der Waals surface area contributed by atoms with Gasteiger partial charge in [0, 0.05) is 18.7 Å². The first-order valence-corrected chi connectivity index (χ1v) is 7.57.